The summed E-state index contributed by atoms with van der Waals surface area (Å²) in [6.07, 6.45) is 0. The summed E-state index contributed by atoms with van der Waals surface area (Å²) < 4.78 is 14.8. The second-order valence-electron chi connectivity index (χ2n) is 4.48. The normalized spacial score (nSPS) is 11.0. The summed E-state index contributed by atoms with van der Waals surface area (Å²) in [5, 5.41) is 1.05. The van der Waals surface area contributed by atoms with Crippen LogP contribution >= 0.6 is 27.5 Å². The van der Waals surface area contributed by atoms with E-state index in [2.05, 4.69) is 25.9 Å². The van der Waals surface area contributed by atoms with E-state index in [1.165, 1.54) is 6.07 Å². The van der Waals surface area contributed by atoms with Gasteiger partial charge in [0.05, 0.1) is 11.1 Å². The highest BCUT2D eigenvalue weighted by molar-refractivity contribution is 9.10. The number of hydrogen-bond acceptors (Lipinski definition) is 2. The average Bonchev–Trinajstić information content (AvgIpc) is 2.42. The number of rotatable bonds is 1. The molecule has 20 heavy (non-hydrogen) atoms. The van der Waals surface area contributed by atoms with Crippen LogP contribution in [0, 0.1) is 12.7 Å². The van der Waals surface area contributed by atoms with Gasteiger partial charge >= 0.3 is 0 Å². The van der Waals surface area contributed by atoms with E-state index in [0.717, 1.165) is 15.4 Å². The second kappa shape index (κ2) is 5.11. The summed E-state index contributed by atoms with van der Waals surface area (Å²) in [5.41, 5.74) is 1.98. The fraction of sp³-hybridized carbons (Fsp3) is 0.0667. The molecular weight excluding hydrogens is 343 g/mol. The molecule has 0 aliphatic heterocycles. The SMILES string of the molecule is Cc1ccc(F)c(-c2nc(Cl)c3cc(Br)ccc3n2)c1. The first-order valence-electron chi connectivity index (χ1n) is 5.94. The third kappa shape index (κ3) is 2.41. The van der Waals surface area contributed by atoms with Crippen LogP contribution in [0.15, 0.2) is 40.9 Å². The molecule has 0 amide bonds. The van der Waals surface area contributed by atoms with Gasteiger partial charge in [-0.2, -0.15) is 0 Å². The van der Waals surface area contributed by atoms with Crippen molar-refractivity contribution in [2.24, 2.45) is 0 Å². The van der Waals surface area contributed by atoms with Crippen molar-refractivity contribution in [2.75, 3.05) is 0 Å². The Morgan fingerprint density at radius 2 is 1.90 bits per heavy atom. The summed E-state index contributed by atoms with van der Waals surface area (Å²) in [6, 6.07) is 10.4. The Kier molecular flexibility index (Phi) is 3.44. The number of hydrogen-bond donors (Lipinski definition) is 0. The zero-order valence-corrected chi connectivity index (χ0v) is 12.8. The number of aryl methyl sites for hydroxylation is 1. The summed E-state index contributed by atoms with van der Waals surface area (Å²) in [5.74, 6) is -0.0610. The molecule has 0 N–H and O–H groups in total. The Bertz CT molecular complexity index is 820. The van der Waals surface area contributed by atoms with E-state index in [0.29, 0.717) is 22.1 Å². The molecule has 1 heterocycles. The number of halogens is 3. The lowest BCUT2D eigenvalue weighted by Crippen LogP contribution is -1.95. The largest absolute Gasteiger partial charge is 0.228 e. The Labute approximate surface area is 128 Å². The van der Waals surface area contributed by atoms with Crippen LogP contribution in [-0.4, -0.2) is 9.97 Å². The Morgan fingerprint density at radius 1 is 1.10 bits per heavy atom. The molecule has 3 aromatic rings. The summed E-state index contributed by atoms with van der Waals surface area (Å²) in [7, 11) is 0. The molecule has 0 saturated heterocycles. The Morgan fingerprint density at radius 3 is 2.70 bits per heavy atom. The van der Waals surface area contributed by atoms with E-state index in [9.17, 15) is 4.39 Å². The predicted molar refractivity (Wildman–Crippen MR) is 82.4 cm³/mol. The lowest BCUT2D eigenvalue weighted by Gasteiger charge is -2.07. The van der Waals surface area contributed by atoms with E-state index in [1.807, 2.05) is 25.1 Å². The van der Waals surface area contributed by atoms with Gasteiger partial charge in [-0.1, -0.05) is 39.2 Å². The van der Waals surface area contributed by atoms with Crippen LogP contribution < -0.4 is 0 Å². The van der Waals surface area contributed by atoms with Crippen molar-refractivity contribution in [1.29, 1.82) is 0 Å². The minimum absolute atomic E-state index is 0.297. The molecule has 0 spiro atoms. The molecule has 0 saturated carbocycles. The Hall–Kier alpha value is -1.52. The molecule has 0 aliphatic carbocycles. The van der Waals surface area contributed by atoms with Gasteiger partial charge in [-0.25, -0.2) is 14.4 Å². The van der Waals surface area contributed by atoms with Crippen LogP contribution in [0.5, 0.6) is 0 Å². The molecule has 2 nitrogen and oxygen atoms in total. The monoisotopic (exact) mass is 350 g/mol. The molecule has 1 aromatic heterocycles. The topological polar surface area (TPSA) is 25.8 Å². The van der Waals surface area contributed by atoms with Crippen molar-refractivity contribution in [3.05, 3.63) is 57.4 Å². The summed E-state index contributed by atoms with van der Waals surface area (Å²) >= 11 is 9.56. The van der Waals surface area contributed by atoms with E-state index in [1.54, 1.807) is 12.1 Å². The maximum absolute atomic E-state index is 13.9. The van der Waals surface area contributed by atoms with Crippen molar-refractivity contribution in [2.45, 2.75) is 6.92 Å². The van der Waals surface area contributed by atoms with Crippen LogP contribution in [0.3, 0.4) is 0 Å². The highest BCUT2D eigenvalue weighted by Gasteiger charge is 2.12. The first kappa shape index (κ1) is 13.5. The lowest BCUT2D eigenvalue weighted by atomic mass is 10.1. The molecule has 2 aromatic carbocycles. The smallest absolute Gasteiger partial charge is 0.164 e. The number of aromatic nitrogens is 2. The second-order valence-corrected chi connectivity index (χ2v) is 5.76. The van der Waals surface area contributed by atoms with Gasteiger partial charge < -0.3 is 0 Å². The van der Waals surface area contributed by atoms with Crippen molar-refractivity contribution in [1.82, 2.24) is 9.97 Å². The van der Waals surface area contributed by atoms with Crippen LogP contribution in [-0.2, 0) is 0 Å². The van der Waals surface area contributed by atoms with Crippen molar-refractivity contribution < 1.29 is 4.39 Å². The summed E-state index contributed by atoms with van der Waals surface area (Å²) in [6.45, 7) is 1.89. The molecule has 5 heteroatoms. The first-order chi connectivity index (χ1) is 9.54. The van der Waals surface area contributed by atoms with Gasteiger partial charge in [-0.15, -0.1) is 0 Å². The van der Waals surface area contributed by atoms with Gasteiger partial charge in [0.1, 0.15) is 11.0 Å². The highest BCUT2D eigenvalue weighted by atomic mass is 79.9. The van der Waals surface area contributed by atoms with Gasteiger partial charge in [0.25, 0.3) is 0 Å². The molecule has 0 atom stereocenters. The van der Waals surface area contributed by atoms with Crippen LogP contribution in [0.2, 0.25) is 5.15 Å². The minimum atomic E-state index is -0.358. The number of nitrogens with zero attached hydrogens (tertiary/aromatic N) is 2. The standard InChI is InChI=1S/C15H9BrClFN2/c1-8-2-4-12(18)10(6-8)15-19-13-5-3-9(16)7-11(13)14(17)20-15/h2-7H,1H3. The maximum atomic E-state index is 13.9. The molecular formula is C15H9BrClFN2. The van der Waals surface area contributed by atoms with Gasteiger partial charge in [0, 0.05) is 9.86 Å². The highest BCUT2D eigenvalue weighted by Crippen LogP contribution is 2.28. The van der Waals surface area contributed by atoms with Gasteiger partial charge in [-0.05, 0) is 37.3 Å². The molecule has 0 fully saturated rings. The summed E-state index contributed by atoms with van der Waals surface area (Å²) in [4.78, 5) is 8.60. The number of fused-ring (bicyclic) bond motifs is 1. The predicted octanol–water partition coefficient (Wildman–Crippen LogP) is 5.16. The molecule has 100 valence electrons. The van der Waals surface area contributed by atoms with Gasteiger partial charge in [-0.3, -0.25) is 0 Å². The first-order valence-corrected chi connectivity index (χ1v) is 7.11. The zero-order chi connectivity index (χ0) is 14.3. The maximum Gasteiger partial charge on any atom is 0.164 e. The van der Waals surface area contributed by atoms with Crippen molar-refractivity contribution >= 4 is 38.4 Å². The van der Waals surface area contributed by atoms with Crippen LogP contribution in [0.25, 0.3) is 22.3 Å². The van der Waals surface area contributed by atoms with Crippen molar-refractivity contribution in [3.63, 3.8) is 0 Å². The van der Waals surface area contributed by atoms with E-state index in [-0.39, 0.29) is 5.82 Å². The van der Waals surface area contributed by atoms with E-state index < -0.39 is 0 Å². The molecule has 0 bridgehead atoms. The quantitative estimate of drug-likeness (QED) is 0.566. The van der Waals surface area contributed by atoms with E-state index in [4.69, 9.17) is 11.6 Å². The van der Waals surface area contributed by atoms with Gasteiger partial charge in [0.15, 0.2) is 5.82 Å². The minimum Gasteiger partial charge on any atom is -0.228 e. The zero-order valence-electron chi connectivity index (χ0n) is 10.5. The average molecular weight is 352 g/mol. The van der Waals surface area contributed by atoms with Crippen LogP contribution in [0.4, 0.5) is 4.39 Å². The van der Waals surface area contributed by atoms with Crippen LogP contribution in [0.1, 0.15) is 5.56 Å². The lowest BCUT2D eigenvalue weighted by molar-refractivity contribution is 0.629. The van der Waals surface area contributed by atoms with Crippen molar-refractivity contribution in [3.8, 4) is 11.4 Å². The van der Waals surface area contributed by atoms with E-state index >= 15 is 0 Å². The molecule has 0 unspecified atom stereocenters. The molecule has 0 aliphatic rings. The fourth-order valence-corrected chi connectivity index (χ4v) is 2.59. The molecule has 3 rings (SSSR count). The third-order valence-electron chi connectivity index (χ3n) is 2.97. The third-order valence-corrected chi connectivity index (χ3v) is 3.76. The fourth-order valence-electron chi connectivity index (χ4n) is 1.99. The Balaban J connectivity index is 2.27. The van der Waals surface area contributed by atoms with Gasteiger partial charge in [0.2, 0.25) is 0 Å². The number of benzene rings is 2. The molecule has 0 radical (unpaired) electrons.